The van der Waals surface area contributed by atoms with Crippen molar-refractivity contribution < 1.29 is 9.66 Å². The minimum absolute atomic E-state index is 0.0507. The summed E-state index contributed by atoms with van der Waals surface area (Å²) in [6, 6.07) is 11.4. The van der Waals surface area contributed by atoms with E-state index >= 15 is 0 Å². The normalized spacial score (nSPS) is 10.5. The first kappa shape index (κ1) is 15.0. The summed E-state index contributed by atoms with van der Waals surface area (Å²) in [6.45, 7) is 0. The summed E-state index contributed by atoms with van der Waals surface area (Å²) in [5, 5.41) is 18.5. The Kier molecular flexibility index (Phi) is 3.94. The third-order valence-electron chi connectivity index (χ3n) is 3.24. The van der Waals surface area contributed by atoms with Crippen LogP contribution >= 0.6 is 11.6 Å². The number of aromatic amines is 1. The van der Waals surface area contributed by atoms with Crippen LogP contribution in [0.25, 0.3) is 22.8 Å². The summed E-state index contributed by atoms with van der Waals surface area (Å²) in [6.07, 6.45) is 0. The quantitative estimate of drug-likeness (QED) is 0.581. The van der Waals surface area contributed by atoms with Crippen molar-refractivity contribution in [2.24, 2.45) is 0 Å². The predicted molar refractivity (Wildman–Crippen MR) is 85.5 cm³/mol. The van der Waals surface area contributed by atoms with Crippen LogP contribution in [0.1, 0.15) is 0 Å². The summed E-state index contributed by atoms with van der Waals surface area (Å²) in [4.78, 5) is 14.9. The minimum Gasteiger partial charge on any atom is -0.496 e. The van der Waals surface area contributed by atoms with Crippen LogP contribution < -0.4 is 4.74 Å². The molecule has 7 nitrogen and oxygen atoms in total. The van der Waals surface area contributed by atoms with Crippen molar-refractivity contribution in [2.45, 2.75) is 0 Å². The highest BCUT2D eigenvalue weighted by Gasteiger charge is 2.16. The number of nitrogens with one attached hydrogen (secondary N) is 1. The first-order valence-electron chi connectivity index (χ1n) is 6.59. The van der Waals surface area contributed by atoms with Gasteiger partial charge in [0.25, 0.3) is 5.69 Å². The van der Waals surface area contributed by atoms with Gasteiger partial charge < -0.3 is 4.74 Å². The maximum absolute atomic E-state index is 10.9. The molecular weight excluding hydrogens is 320 g/mol. The first-order valence-corrected chi connectivity index (χ1v) is 6.97. The van der Waals surface area contributed by atoms with E-state index in [1.807, 2.05) is 0 Å². The van der Waals surface area contributed by atoms with Crippen molar-refractivity contribution in [1.29, 1.82) is 0 Å². The number of hydrogen-bond acceptors (Lipinski definition) is 5. The number of benzene rings is 2. The molecule has 0 aliphatic carbocycles. The molecule has 0 saturated heterocycles. The Balaban J connectivity index is 2.04. The molecule has 0 amide bonds. The molecule has 8 heteroatoms. The van der Waals surface area contributed by atoms with E-state index in [-0.39, 0.29) is 5.69 Å². The van der Waals surface area contributed by atoms with Crippen LogP contribution in [0.5, 0.6) is 5.75 Å². The number of rotatable bonds is 4. The van der Waals surface area contributed by atoms with Crippen LogP contribution in [0.4, 0.5) is 5.69 Å². The van der Waals surface area contributed by atoms with Crippen molar-refractivity contribution in [3.63, 3.8) is 0 Å². The van der Waals surface area contributed by atoms with Crippen molar-refractivity contribution in [1.82, 2.24) is 15.2 Å². The van der Waals surface area contributed by atoms with Gasteiger partial charge in [0.2, 0.25) is 0 Å². The molecule has 0 fully saturated rings. The van der Waals surface area contributed by atoms with Crippen molar-refractivity contribution in [3.8, 4) is 28.5 Å². The van der Waals surface area contributed by atoms with Crippen molar-refractivity contribution in [3.05, 3.63) is 57.6 Å². The van der Waals surface area contributed by atoms with Crippen LogP contribution in [0.15, 0.2) is 42.5 Å². The maximum atomic E-state index is 10.9. The molecule has 0 unspecified atom stereocenters. The third kappa shape index (κ3) is 3.00. The largest absolute Gasteiger partial charge is 0.496 e. The second-order valence-electron chi connectivity index (χ2n) is 4.66. The van der Waals surface area contributed by atoms with Gasteiger partial charge in [0, 0.05) is 22.7 Å². The Morgan fingerprint density at radius 2 is 1.96 bits per heavy atom. The number of nitrogens with zero attached hydrogens (tertiary/aromatic N) is 3. The Hall–Kier alpha value is -2.93. The molecule has 3 rings (SSSR count). The van der Waals surface area contributed by atoms with Gasteiger partial charge in [-0.3, -0.25) is 15.2 Å². The van der Waals surface area contributed by atoms with Crippen molar-refractivity contribution in [2.75, 3.05) is 7.11 Å². The Morgan fingerprint density at radius 3 is 2.61 bits per heavy atom. The predicted octanol–water partition coefficient (Wildman–Crippen LogP) is 3.71. The van der Waals surface area contributed by atoms with Crippen LogP contribution in [0.2, 0.25) is 5.02 Å². The number of nitro benzene ring substituents is 1. The fourth-order valence-corrected chi connectivity index (χ4v) is 2.23. The molecule has 0 atom stereocenters. The molecule has 0 saturated carbocycles. The number of H-pyrrole nitrogens is 1. The maximum Gasteiger partial charge on any atom is 0.270 e. The summed E-state index contributed by atoms with van der Waals surface area (Å²) in [5.41, 5.74) is 1.20. The number of halogens is 1. The zero-order valence-corrected chi connectivity index (χ0v) is 12.7. The van der Waals surface area contributed by atoms with Crippen LogP contribution in [0.3, 0.4) is 0 Å². The van der Waals surface area contributed by atoms with Gasteiger partial charge in [-0.15, -0.1) is 0 Å². The van der Waals surface area contributed by atoms with E-state index in [1.54, 1.807) is 24.3 Å². The standard InChI is InChI=1S/C15H11ClN4O3/c1-23-13-7-6-11(20(21)22)8-12(13)15-17-14(18-19-15)9-2-4-10(16)5-3-9/h2-8H,1H3,(H,17,18,19). The summed E-state index contributed by atoms with van der Waals surface area (Å²) in [7, 11) is 1.49. The summed E-state index contributed by atoms with van der Waals surface area (Å²) in [5.74, 6) is 1.31. The Bertz CT molecular complexity index is 861. The Labute approximate surface area is 136 Å². The molecule has 0 aliphatic rings. The first-order chi connectivity index (χ1) is 11.1. The van der Waals surface area contributed by atoms with Crippen molar-refractivity contribution >= 4 is 17.3 Å². The molecule has 0 spiro atoms. The zero-order chi connectivity index (χ0) is 16.4. The van der Waals surface area contributed by atoms with Gasteiger partial charge in [0.15, 0.2) is 11.6 Å². The van der Waals surface area contributed by atoms with Gasteiger partial charge in [0.05, 0.1) is 17.6 Å². The molecule has 1 heterocycles. The van der Waals surface area contributed by atoms with Gasteiger partial charge in [0.1, 0.15) is 5.75 Å². The minimum atomic E-state index is -0.473. The lowest BCUT2D eigenvalue weighted by Gasteiger charge is -2.05. The molecule has 0 bridgehead atoms. The number of hydrogen-bond donors (Lipinski definition) is 1. The van der Waals surface area contributed by atoms with E-state index < -0.39 is 4.92 Å². The van der Waals surface area contributed by atoms with Gasteiger partial charge in [-0.1, -0.05) is 11.6 Å². The molecule has 116 valence electrons. The summed E-state index contributed by atoms with van der Waals surface area (Å²) < 4.78 is 5.24. The molecule has 3 aromatic rings. The van der Waals surface area contributed by atoms with Gasteiger partial charge in [-0.2, -0.15) is 5.10 Å². The van der Waals surface area contributed by atoms with Crippen LogP contribution in [-0.2, 0) is 0 Å². The molecule has 1 aromatic heterocycles. The lowest BCUT2D eigenvalue weighted by atomic mass is 10.1. The lowest BCUT2D eigenvalue weighted by Crippen LogP contribution is -1.93. The average Bonchev–Trinajstić information content (AvgIpc) is 3.04. The average molecular weight is 331 g/mol. The SMILES string of the molecule is COc1ccc([N+](=O)[O-])cc1-c1nc(-c2ccc(Cl)cc2)n[nH]1. The number of aromatic nitrogens is 3. The monoisotopic (exact) mass is 330 g/mol. The molecular formula is C15H11ClN4O3. The second-order valence-corrected chi connectivity index (χ2v) is 5.09. The van der Waals surface area contributed by atoms with E-state index in [9.17, 15) is 10.1 Å². The number of methoxy groups -OCH3 is 1. The van der Waals surface area contributed by atoms with Gasteiger partial charge in [-0.25, -0.2) is 4.98 Å². The lowest BCUT2D eigenvalue weighted by molar-refractivity contribution is -0.384. The molecule has 23 heavy (non-hydrogen) atoms. The summed E-state index contributed by atoms with van der Waals surface area (Å²) >= 11 is 5.86. The van der Waals surface area contributed by atoms with E-state index in [4.69, 9.17) is 16.3 Å². The van der Waals surface area contributed by atoms with Crippen LogP contribution in [0, 0.1) is 10.1 Å². The van der Waals surface area contributed by atoms with E-state index in [0.717, 1.165) is 5.56 Å². The van der Waals surface area contributed by atoms with Gasteiger partial charge in [-0.05, 0) is 30.3 Å². The second kappa shape index (κ2) is 6.05. The van der Waals surface area contributed by atoms with E-state index in [1.165, 1.54) is 25.3 Å². The zero-order valence-electron chi connectivity index (χ0n) is 12.0. The number of ether oxygens (including phenoxy) is 1. The molecule has 1 N–H and O–H groups in total. The van der Waals surface area contributed by atoms with Gasteiger partial charge >= 0.3 is 0 Å². The Morgan fingerprint density at radius 1 is 1.22 bits per heavy atom. The van der Waals surface area contributed by atoms with E-state index in [2.05, 4.69) is 15.2 Å². The topological polar surface area (TPSA) is 93.9 Å². The molecule has 0 aliphatic heterocycles. The van der Waals surface area contributed by atoms with Crippen LogP contribution in [-0.4, -0.2) is 27.2 Å². The van der Waals surface area contributed by atoms with E-state index in [0.29, 0.717) is 28.0 Å². The highest BCUT2D eigenvalue weighted by atomic mass is 35.5. The smallest absolute Gasteiger partial charge is 0.270 e. The third-order valence-corrected chi connectivity index (χ3v) is 3.49. The fraction of sp³-hybridized carbons (Fsp3) is 0.0667. The molecule has 2 aromatic carbocycles. The molecule has 0 radical (unpaired) electrons. The number of non-ortho nitro benzene ring substituents is 1. The highest BCUT2D eigenvalue weighted by Crippen LogP contribution is 2.32. The number of nitro groups is 1. The fourth-order valence-electron chi connectivity index (χ4n) is 2.10. The highest BCUT2D eigenvalue weighted by molar-refractivity contribution is 6.30.